The number of aromatic amines is 1. The van der Waals surface area contributed by atoms with Gasteiger partial charge < -0.3 is 10.6 Å². The molecule has 5 nitrogen and oxygen atoms in total. The molecule has 4 atom stereocenters. The predicted octanol–water partition coefficient (Wildman–Crippen LogP) is 1.18. The van der Waals surface area contributed by atoms with Crippen LogP contribution in [0.2, 0.25) is 0 Å². The summed E-state index contributed by atoms with van der Waals surface area (Å²) in [5, 5.41) is 6.88. The summed E-state index contributed by atoms with van der Waals surface area (Å²) in [7, 11) is 0. The first kappa shape index (κ1) is 10.6. The number of hydrogen-bond acceptors (Lipinski definition) is 4. The van der Waals surface area contributed by atoms with Crippen molar-refractivity contribution in [2.24, 2.45) is 5.92 Å². The minimum absolute atomic E-state index is 0.127. The number of rotatable bonds is 1. The van der Waals surface area contributed by atoms with Crippen LogP contribution in [0.4, 0.5) is 0 Å². The van der Waals surface area contributed by atoms with Crippen molar-refractivity contribution in [1.29, 1.82) is 0 Å². The summed E-state index contributed by atoms with van der Waals surface area (Å²) in [4.78, 5) is 0. The minimum atomic E-state index is 0.127. The molecule has 0 aliphatic carbocycles. The van der Waals surface area contributed by atoms with Crippen LogP contribution in [-0.4, -0.2) is 27.1 Å². The molecule has 1 aliphatic rings. The summed E-state index contributed by atoms with van der Waals surface area (Å²) in [5.74, 6) is 7.20. The zero-order valence-electron chi connectivity index (χ0n) is 9.10. The van der Waals surface area contributed by atoms with Gasteiger partial charge in [0.05, 0.1) is 18.1 Å². The fourth-order valence-corrected chi connectivity index (χ4v) is 2.40. The Kier molecular flexibility index (Phi) is 2.56. The molecular formula is C9H16N4OS. The second kappa shape index (κ2) is 3.61. The first-order chi connectivity index (χ1) is 7.02. The van der Waals surface area contributed by atoms with Crippen molar-refractivity contribution in [2.45, 2.75) is 38.9 Å². The van der Waals surface area contributed by atoms with Crippen molar-refractivity contribution in [3.63, 3.8) is 0 Å². The number of hydrogen-bond donors (Lipinski definition) is 2. The molecular weight excluding hydrogens is 212 g/mol. The van der Waals surface area contributed by atoms with E-state index in [-0.39, 0.29) is 18.1 Å². The molecule has 4 unspecified atom stereocenters. The summed E-state index contributed by atoms with van der Waals surface area (Å²) >= 11 is 5.00. The maximum Gasteiger partial charge on any atom is 0.214 e. The summed E-state index contributed by atoms with van der Waals surface area (Å²) in [5.41, 5.74) is 0. The molecule has 3 N–H and O–H groups in total. The average molecular weight is 228 g/mol. The summed E-state index contributed by atoms with van der Waals surface area (Å²) in [6.07, 6.45) is 0.359. The highest BCUT2D eigenvalue weighted by molar-refractivity contribution is 7.71. The van der Waals surface area contributed by atoms with Gasteiger partial charge in [-0.15, -0.1) is 0 Å². The molecule has 2 heterocycles. The van der Waals surface area contributed by atoms with E-state index < -0.39 is 0 Å². The number of nitrogens with one attached hydrogen (secondary N) is 1. The van der Waals surface area contributed by atoms with Gasteiger partial charge in [-0.3, -0.25) is 5.10 Å². The van der Waals surface area contributed by atoms with Crippen LogP contribution in [-0.2, 0) is 4.74 Å². The molecule has 0 spiro atoms. The molecule has 15 heavy (non-hydrogen) atoms. The Morgan fingerprint density at radius 1 is 1.40 bits per heavy atom. The normalized spacial score (nSPS) is 35.9. The van der Waals surface area contributed by atoms with Gasteiger partial charge >= 0.3 is 0 Å². The lowest BCUT2D eigenvalue weighted by atomic mass is 9.89. The molecule has 1 fully saturated rings. The van der Waals surface area contributed by atoms with Gasteiger partial charge in [-0.1, -0.05) is 6.92 Å². The molecule has 0 amide bonds. The first-order valence-corrected chi connectivity index (χ1v) is 5.51. The molecule has 84 valence electrons. The molecule has 6 heteroatoms. The van der Waals surface area contributed by atoms with Crippen LogP contribution in [0, 0.1) is 10.7 Å². The summed E-state index contributed by atoms with van der Waals surface area (Å²) < 4.78 is 7.63. The van der Waals surface area contributed by atoms with E-state index in [0.29, 0.717) is 10.7 Å². The van der Waals surface area contributed by atoms with Gasteiger partial charge in [-0.05, 0) is 32.0 Å². The van der Waals surface area contributed by atoms with E-state index in [4.69, 9.17) is 22.8 Å². The van der Waals surface area contributed by atoms with Crippen LogP contribution < -0.4 is 5.84 Å². The lowest BCUT2D eigenvalue weighted by Gasteiger charge is -2.16. The van der Waals surface area contributed by atoms with Crippen LogP contribution in [0.3, 0.4) is 0 Å². The Hall–Kier alpha value is -0.880. The van der Waals surface area contributed by atoms with Gasteiger partial charge in [0.1, 0.15) is 0 Å². The third kappa shape index (κ3) is 1.57. The number of nitrogen functional groups attached to an aromatic ring is 1. The Morgan fingerprint density at radius 2 is 2.07 bits per heavy atom. The molecule has 1 saturated heterocycles. The number of ether oxygens (including phenoxy) is 1. The highest BCUT2D eigenvalue weighted by Crippen LogP contribution is 2.38. The molecule has 1 aliphatic heterocycles. The van der Waals surface area contributed by atoms with Crippen molar-refractivity contribution in [3.05, 3.63) is 10.6 Å². The van der Waals surface area contributed by atoms with Crippen LogP contribution >= 0.6 is 12.2 Å². The van der Waals surface area contributed by atoms with E-state index in [1.165, 1.54) is 4.68 Å². The number of nitrogens with zero attached hydrogens (tertiary/aromatic N) is 2. The van der Waals surface area contributed by atoms with Crippen molar-refractivity contribution >= 4 is 12.2 Å². The van der Waals surface area contributed by atoms with Gasteiger partial charge in [-0.25, -0.2) is 4.68 Å². The summed E-state index contributed by atoms with van der Waals surface area (Å²) in [6.45, 7) is 6.27. The molecule has 2 rings (SSSR count). The smallest absolute Gasteiger partial charge is 0.214 e. The maximum absolute atomic E-state index is 5.82. The Balaban J connectivity index is 2.39. The van der Waals surface area contributed by atoms with Crippen LogP contribution in [0.5, 0.6) is 0 Å². The zero-order chi connectivity index (χ0) is 11.2. The second-order valence-electron chi connectivity index (χ2n) is 4.19. The largest absolute Gasteiger partial charge is 0.374 e. The second-order valence-corrected chi connectivity index (χ2v) is 4.57. The van der Waals surface area contributed by atoms with Gasteiger partial charge in [0.25, 0.3) is 0 Å². The molecule has 0 aromatic carbocycles. The molecule has 1 aromatic heterocycles. The highest BCUT2D eigenvalue weighted by Gasteiger charge is 2.40. The van der Waals surface area contributed by atoms with Gasteiger partial charge in [0, 0.05) is 0 Å². The minimum Gasteiger partial charge on any atom is -0.374 e. The topological polar surface area (TPSA) is 68.9 Å². The van der Waals surface area contributed by atoms with Gasteiger partial charge in [0.15, 0.2) is 5.82 Å². The SMILES string of the molecule is CC1OC(C)C(c2n[nH]c(=S)n2N)C1C. The van der Waals surface area contributed by atoms with Crippen LogP contribution in [0.1, 0.15) is 32.5 Å². The quantitative estimate of drug-likeness (QED) is 0.559. The lowest BCUT2D eigenvalue weighted by Crippen LogP contribution is -2.23. The molecule has 0 radical (unpaired) electrons. The van der Waals surface area contributed by atoms with Crippen molar-refractivity contribution < 1.29 is 4.74 Å². The van der Waals surface area contributed by atoms with E-state index in [2.05, 4.69) is 24.0 Å². The molecule has 0 bridgehead atoms. The van der Waals surface area contributed by atoms with Gasteiger partial charge in [0.2, 0.25) is 4.77 Å². The van der Waals surface area contributed by atoms with Crippen molar-refractivity contribution in [3.8, 4) is 0 Å². The van der Waals surface area contributed by atoms with E-state index in [9.17, 15) is 0 Å². The molecule has 1 aromatic rings. The zero-order valence-corrected chi connectivity index (χ0v) is 9.91. The maximum atomic E-state index is 5.82. The van der Waals surface area contributed by atoms with E-state index >= 15 is 0 Å². The Labute approximate surface area is 93.6 Å². The predicted molar refractivity (Wildman–Crippen MR) is 59.5 cm³/mol. The van der Waals surface area contributed by atoms with Gasteiger partial charge in [-0.2, -0.15) is 5.10 Å². The summed E-state index contributed by atoms with van der Waals surface area (Å²) in [6, 6.07) is 0. The lowest BCUT2D eigenvalue weighted by molar-refractivity contribution is 0.0552. The highest BCUT2D eigenvalue weighted by atomic mass is 32.1. The van der Waals surface area contributed by atoms with E-state index in [1.54, 1.807) is 0 Å². The Morgan fingerprint density at radius 3 is 2.47 bits per heavy atom. The Bertz CT molecular complexity index is 412. The number of aromatic nitrogens is 3. The van der Waals surface area contributed by atoms with E-state index in [1.807, 2.05) is 6.92 Å². The number of nitrogens with two attached hydrogens (primary N) is 1. The van der Waals surface area contributed by atoms with Crippen LogP contribution in [0.25, 0.3) is 0 Å². The van der Waals surface area contributed by atoms with E-state index in [0.717, 1.165) is 5.82 Å². The average Bonchev–Trinajstić information content (AvgIpc) is 2.60. The van der Waals surface area contributed by atoms with Crippen molar-refractivity contribution in [1.82, 2.24) is 14.9 Å². The number of H-pyrrole nitrogens is 1. The fourth-order valence-electron chi connectivity index (χ4n) is 2.26. The fraction of sp³-hybridized carbons (Fsp3) is 0.778. The van der Waals surface area contributed by atoms with Crippen molar-refractivity contribution in [2.75, 3.05) is 5.84 Å². The molecule has 0 saturated carbocycles. The standard InChI is InChI=1S/C9H16N4OS/c1-4-5(2)14-6(3)7(4)8-11-12-9(15)13(8)10/h4-7H,10H2,1-3H3,(H,12,15). The first-order valence-electron chi connectivity index (χ1n) is 5.10. The third-order valence-corrected chi connectivity index (χ3v) is 3.56. The monoisotopic (exact) mass is 228 g/mol. The van der Waals surface area contributed by atoms with Crippen LogP contribution in [0.15, 0.2) is 0 Å². The third-order valence-electron chi connectivity index (χ3n) is 3.27.